The Labute approximate surface area is 97.5 Å². The van der Waals surface area contributed by atoms with Gasteiger partial charge in [0.25, 0.3) is 0 Å². The van der Waals surface area contributed by atoms with Gasteiger partial charge in [-0.3, -0.25) is 0 Å². The summed E-state index contributed by atoms with van der Waals surface area (Å²) in [5.74, 6) is 4.57. The van der Waals surface area contributed by atoms with Crippen LogP contribution >= 0.6 is 11.8 Å². The van der Waals surface area contributed by atoms with E-state index in [-0.39, 0.29) is 0 Å². The molecule has 0 aromatic heterocycles. The molecule has 0 amide bonds. The molecule has 1 saturated heterocycles. The number of thioether (sulfide) groups is 1. The van der Waals surface area contributed by atoms with Crippen molar-refractivity contribution in [2.75, 3.05) is 24.7 Å². The molecular weight excluding hydrogens is 206 g/mol. The van der Waals surface area contributed by atoms with Crippen LogP contribution in [-0.2, 0) is 4.74 Å². The number of ether oxygens (including phenoxy) is 1. The van der Waals surface area contributed by atoms with Crippen molar-refractivity contribution in [1.29, 1.82) is 0 Å². The smallest absolute Gasteiger partial charge is 0.0587 e. The first-order valence-electron chi connectivity index (χ1n) is 5.73. The zero-order chi connectivity index (χ0) is 10.9. The highest BCUT2D eigenvalue weighted by molar-refractivity contribution is 7.99. The van der Waals surface area contributed by atoms with Crippen LogP contribution < -0.4 is 5.32 Å². The van der Waals surface area contributed by atoms with E-state index in [0.717, 1.165) is 43.9 Å². The maximum atomic E-state index is 5.63. The topological polar surface area (TPSA) is 21.3 Å². The Morgan fingerprint density at radius 3 is 3.20 bits per heavy atom. The standard InChI is InChI=1S/C12H21NOS/c1-3-8-15-9-6-13-11-5-7-14-12(4-2)10-11/h1,11-13H,4-10H2,2H3. The van der Waals surface area contributed by atoms with Gasteiger partial charge in [0.2, 0.25) is 0 Å². The zero-order valence-electron chi connectivity index (χ0n) is 9.50. The molecule has 2 unspecified atom stereocenters. The van der Waals surface area contributed by atoms with Gasteiger partial charge in [0.15, 0.2) is 0 Å². The number of hydrogen-bond donors (Lipinski definition) is 1. The monoisotopic (exact) mass is 227 g/mol. The molecule has 0 saturated carbocycles. The highest BCUT2D eigenvalue weighted by atomic mass is 32.2. The molecule has 2 atom stereocenters. The minimum Gasteiger partial charge on any atom is -0.378 e. The van der Waals surface area contributed by atoms with Crippen LogP contribution in [0.1, 0.15) is 26.2 Å². The van der Waals surface area contributed by atoms with Crippen LogP contribution in [0.2, 0.25) is 0 Å². The van der Waals surface area contributed by atoms with Gasteiger partial charge < -0.3 is 10.1 Å². The van der Waals surface area contributed by atoms with Gasteiger partial charge in [-0.05, 0) is 19.3 Å². The Balaban J connectivity index is 2.03. The van der Waals surface area contributed by atoms with Crippen molar-refractivity contribution in [2.24, 2.45) is 0 Å². The predicted octanol–water partition coefficient (Wildman–Crippen LogP) is 1.90. The molecule has 86 valence electrons. The molecule has 0 aromatic carbocycles. The molecule has 15 heavy (non-hydrogen) atoms. The van der Waals surface area contributed by atoms with Crippen LogP contribution in [-0.4, -0.2) is 36.8 Å². The van der Waals surface area contributed by atoms with Crippen molar-refractivity contribution in [3.63, 3.8) is 0 Å². The largest absolute Gasteiger partial charge is 0.378 e. The van der Waals surface area contributed by atoms with Gasteiger partial charge in [-0.1, -0.05) is 12.8 Å². The van der Waals surface area contributed by atoms with Gasteiger partial charge in [-0.2, -0.15) is 0 Å². The molecule has 0 spiro atoms. The summed E-state index contributed by atoms with van der Waals surface area (Å²) in [7, 11) is 0. The SMILES string of the molecule is C#CCSCCNC1CCOC(CC)C1. The second kappa shape index (κ2) is 8.04. The summed E-state index contributed by atoms with van der Waals surface area (Å²) >= 11 is 1.82. The number of terminal acetylenes is 1. The van der Waals surface area contributed by atoms with E-state index in [0.29, 0.717) is 12.1 Å². The average Bonchev–Trinajstić information content (AvgIpc) is 2.29. The highest BCUT2D eigenvalue weighted by Crippen LogP contribution is 2.16. The molecule has 1 N–H and O–H groups in total. The minimum atomic E-state index is 0.467. The second-order valence-electron chi connectivity index (χ2n) is 3.83. The zero-order valence-corrected chi connectivity index (χ0v) is 10.3. The fourth-order valence-corrected chi connectivity index (χ4v) is 2.34. The highest BCUT2D eigenvalue weighted by Gasteiger charge is 2.20. The third-order valence-corrected chi connectivity index (χ3v) is 3.55. The molecule has 0 bridgehead atoms. The van der Waals surface area contributed by atoms with E-state index in [9.17, 15) is 0 Å². The Morgan fingerprint density at radius 2 is 2.47 bits per heavy atom. The summed E-state index contributed by atoms with van der Waals surface area (Å²) in [5.41, 5.74) is 0. The molecule has 1 heterocycles. The van der Waals surface area contributed by atoms with Crippen molar-refractivity contribution >= 4 is 11.8 Å². The first-order valence-corrected chi connectivity index (χ1v) is 6.88. The molecule has 3 heteroatoms. The van der Waals surface area contributed by atoms with E-state index in [1.165, 1.54) is 0 Å². The van der Waals surface area contributed by atoms with Crippen molar-refractivity contribution < 1.29 is 4.74 Å². The Kier molecular flexibility index (Phi) is 6.91. The summed E-state index contributed by atoms with van der Waals surface area (Å²) in [6.07, 6.45) is 9.09. The van der Waals surface area contributed by atoms with E-state index in [4.69, 9.17) is 11.2 Å². The van der Waals surface area contributed by atoms with Gasteiger partial charge in [0.1, 0.15) is 0 Å². The lowest BCUT2D eigenvalue weighted by atomic mass is 10.0. The van der Waals surface area contributed by atoms with Crippen LogP contribution in [0.25, 0.3) is 0 Å². The van der Waals surface area contributed by atoms with Gasteiger partial charge >= 0.3 is 0 Å². The normalized spacial score (nSPS) is 26.1. The molecule has 1 aliphatic heterocycles. The Hall–Kier alpha value is -0.170. The maximum absolute atomic E-state index is 5.63. The maximum Gasteiger partial charge on any atom is 0.0587 e. The quantitative estimate of drug-likeness (QED) is 0.553. The van der Waals surface area contributed by atoms with E-state index in [2.05, 4.69) is 18.2 Å². The number of hydrogen-bond acceptors (Lipinski definition) is 3. The van der Waals surface area contributed by atoms with Gasteiger partial charge in [0.05, 0.1) is 11.9 Å². The van der Waals surface area contributed by atoms with Crippen LogP contribution in [0.15, 0.2) is 0 Å². The predicted molar refractivity (Wildman–Crippen MR) is 67.2 cm³/mol. The van der Waals surface area contributed by atoms with Crippen LogP contribution in [0, 0.1) is 12.3 Å². The fourth-order valence-electron chi connectivity index (χ4n) is 1.82. The Bertz CT molecular complexity index is 202. The van der Waals surface area contributed by atoms with Crippen LogP contribution in [0.3, 0.4) is 0 Å². The minimum absolute atomic E-state index is 0.467. The average molecular weight is 227 g/mol. The number of nitrogens with one attached hydrogen (secondary N) is 1. The molecule has 0 radical (unpaired) electrons. The second-order valence-corrected chi connectivity index (χ2v) is 4.94. The molecule has 0 aliphatic carbocycles. The van der Waals surface area contributed by atoms with E-state index in [1.54, 1.807) is 0 Å². The molecule has 0 aromatic rings. The molecular formula is C12H21NOS. The van der Waals surface area contributed by atoms with Gasteiger partial charge in [-0.15, -0.1) is 18.2 Å². The summed E-state index contributed by atoms with van der Waals surface area (Å²) in [6.45, 7) is 4.16. The van der Waals surface area contributed by atoms with Gasteiger partial charge in [0, 0.05) is 24.9 Å². The van der Waals surface area contributed by atoms with E-state index in [1.807, 2.05) is 11.8 Å². The first-order chi connectivity index (χ1) is 7.36. The number of rotatable bonds is 6. The fraction of sp³-hybridized carbons (Fsp3) is 0.833. The lowest BCUT2D eigenvalue weighted by molar-refractivity contribution is 0.000350. The first kappa shape index (κ1) is 12.9. The summed E-state index contributed by atoms with van der Waals surface area (Å²) < 4.78 is 5.63. The summed E-state index contributed by atoms with van der Waals surface area (Å²) in [5, 5.41) is 3.58. The lowest BCUT2D eigenvalue weighted by Gasteiger charge is -2.29. The summed E-state index contributed by atoms with van der Waals surface area (Å²) in [4.78, 5) is 0. The summed E-state index contributed by atoms with van der Waals surface area (Å²) in [6, 6.07) is 0.648. The molecule has 1 rings (SSSR count). The lowest BCUT2D eigenvalue weighted by Crippen LogP contribution is -2.39. The molecule has 1 aliphatic rings. The van der Waals surface area contributed by atoms with E-state index < -0.39 is 0 Å². The van der Waals surface area contributed by atoms with Crippen molar-refractivity contribution in [1.82, 2.24) is 5.32 Å². The third-order valence-electron chi connectivity index (χ3n) is 2.69. The van der Waals surface area contributed by atoms with Crippen LogP contribution in [0.4, 0.5) is 0 Å². The van der Waals surface area contributed by atoms with Crippen molar-refractivity contribution in [3.05, 3.63) is 0 Å². The van der Waals surface area contributed by atoms with Crippen molar-refractivity contribution in [3.8, 4) is 12.3 Å². The van der Waals surface area contributed by atoms with Gasteiger partial charge in [-0.25, -0.2) is 0 Å². The van der Waals surface area contributed by atoms with Crippen LogP contribution in [0.5, 0.6) is 0 Å². The third kappa shape index (κ3) is 5.46. The Morgan fingerprint density at radius 1 is 1.60 bits per heavy atom. The molecule has 2 nitrogen and oxygen atoms in total. The van der Waals surface area contributed by atoms with Crippen molar-refractivity contribution in [2.45, 2.75) is 38.3 Å². The molecule has 1 fully saturated rings. The van der Waals surface area contributed by atoms with E-state index >= 15 is 0 Å².